The number of hydrogen-bond donors (Lipinski definition) is 1. The van der Waals surface area contributed by atoms with E-state index in [1.165, 1.54) is 12.8 Å². The summed E-state index contributed by atoms with van der Waals surface area (Å²) < 4.78 is 5.32. The number of amides is 2. The van der Waals surface area contributed by atoms with E-state index in [0.29, 0.717) is 24.3 Å². The molecule has 3 rings (SSSR count). The fourth-order valence-corrected chi connectivity index (χ4v) is 3.40. The smallest absolute Gasteiger partial charge is 0.240 e. The molecule has 0 aromatic heterocycles. The summed E-state index contributed by atoms with van der Waals surface area (Å²) in [6, 6.07) is 5.65. The molecule has 0 atom stereocenters. The number of benzene rings is 1. The molecule has 2 fully saturated rings. The molecule has 2 aliphatic rings. The Morgan fingerprint density at radius 1 is 1.12 bits per heavy atom. The molecule has 1 saturated heterocycles. The van der Waals surface area contributed by atoms with E-state index in [2.05, 4.69) is 5.32 Å². The minimum absolute atomic E-state index is 0.00789. The second-order valence-corrected chi connectivity index (χ2v) is 6.95. The van der Waals surface area contributed by atoms with Crippen molar-refractivity contribution in [1.29, 1.82) is 0 Å². The van der Waals surface area contributed by atoms with Crippen LogP contribution in [0.4, 0.5) is 5.69 Å². The van der Waals surface area contributed by atoms with Crippen LogP contribution in [0.3, 0.4) is 0 Å². The maximum absolute atomic E-state index is 12.9. The van der Waals surface area contributed by atoms with Gasteiger partial charge in [0, 0.05) is 13.1 Å². The lowest BCUT2D eigenvalue weighted by Gasteiger charge is -2.25. The Kier molecular flexibility index (Phi) is 4.78. The molecular formula is C19H26N2O3. The monoisotopic (exact) mass is 330 g/mol. The largest absolute Gasteiger partial charge is 0.495 e. The zero-order chi connectivity index (χ0) is 17.2. The highest BCUT2D eigenvalue weighted by Crippen LogP contribution is 2.48. The van der Waals surface area contributed by atoms with Gasteiger partial charge in [0.25, 0.3) is 0 Å². The predicted octanol–water partition coefficient (Wildman–Crippen LogP) is 3.12. The maximum Gasteiger partial charge on any atom is 0.240 e. The zero-order valence-electron chi connectivity index (χ0n) is 14.6. The minimum atomic E-state index is -0.862. The number of methoxy groups -OCH3 is 1. The number of anilines is 1. The van der Waals surface area contributed by atoms with Crippen molar-refractivity contribution in [2.75, 3.05) is 25.5 Å². The first kappa shape index (κ1) is 16.8. The number of rotatable bonds is 4. The molecule has 5 nitrogen and oxygen atoms in total. The van der Waals surface area contributed by atoms with Gasteiger partial charge in [0.15, 0.2) is 0 Å². The quantitative estimate of drug-likeness (QED) is 0.863. The van der Waals surface area contributed by atoms with Crippen LogP contribution in [0.2, 0.25) is 0 Å². The molecule has 0 radical (unpaired) electrons. The number of carbonyl (C=O) groups excluding carboxylic acids is 2. The average Bonchev–Trinajstić information content (AvgIpc) is 3.39. The van der Waals surface area contributed by atoms with Crippen LogP contribution in [0.1, 0.15) is 44.1 Å². The molecule has 0 spiro atoms. The van der Waals surface area contributed by atoms with Gasteiger partial charge in [0.1, 0.15) is 11.2 Å². The minimum Gasteiger partial charge on any atom is -0.495 e. The third kappa shape index (κ3) is 3.25. The van der Waals surface area contributed by atoms with Gasteiger partial charge in [-0.15, -0.1) is 0 Å². The summed E-state index contributed by atoms with van der Waals surface area (Å²) in [6.45, 7) is 3.52. The molecule has 1 heterocycles. The van der Waals surface area contributed by atoms with Gasteiger partial charge in [0.2, 0.25) is 11.8 Å². The van der Waals surface area contributed by atoms with Crippen LogP contribution >= 0.6 is 0 Å². The van der Waals surface area contributed by atoms with Crippen molar-refractivity contribution < 1.29 is 14.3 Å². The van der Waals surface area contributed by atoms with E-state index in [4.69, 9.17) is 4.74 Å². The third-order valence-corrected chi connectivity index (χ3v) is 5.09. The van der Waals surface area contributed by atoms with Crippen LogP contribution in [-0.4, -0.2) is 36.9 Å². The number of hydrogen-bond acceptors (Lipinski definition) is 3. The van der Waals surface area contributed by atoms with E-state index in [-0.39, 0.29) is 11.8 Å². The van der Waals surface area contributed by atoms with Crippen molar-refractivity contribution in [2.45, 2.75) is 45.4 Å². The van der Waals surface area contributed by atoms with E-state index in [9.17, 15) is 9.59 Å². The van der Waals surface area contributed by atoms with Crippen molar-refractivity contribution >= 4 is 17.5 Å². The molecule has 2 amide bonds. The summed E-state index contributed by atoms with van der Waals surface area (Å²) in [6.07, 6.45) is 5.70. The van der Waals surface area contributed by atoms with Gasteiger partial charge in [-0.25, -0.2) is 0 Å². The summed E-state index contributed by atoms with van der Waals surface area (Å²) in [5, 5.41) is 2.93. The lowest BCUT2D eigenvalue weighted by Crippen LogP contribution is -2.43. The Morgan fingerprint density at radius 3 is 2.38 bits per heavy atom. The molecular weight excluding hydrogens is 304 g/mol. The Labute approximate surface area is 143 Å². The van der Waals surface area contributed by atoms with Crippen LogP contribution in [-0.2, 0) is 9.59 Å². The first-order valence-electron chi connectivity index (χ1n) is 8.82. The number of aryl methyl sites for hydroxylation is 1. The number of nitrogens with one attached hydrogen (secondary N) is 1. The maximum atomic E-state index is 12.9. The molecule has 0 unspecified atom stereocenters. The summed E-state index contributed by atoms with van der Waals surface area (Å²) in [7, 11) is 1.58. The second kappa shape index (κ2) is 6.83. The van der Waals surface area contributed by atoms with Gasteiger partial charge in [-0.1, -0.05) is 18.9 Å². The van der Waals surface area contributed by atoms with Gasteiger partial charge in [-0.2, -0.15) is 0 Å². The van der Waals surface area contributed by atoms with E-state index < -0.39 is 5.41 Å². The highest BCUT2D eigenvalue weighted by Gasteiger charge is 2.58. The van der Waals surface area contributed by atoms with Crippen LogP contribution in [0, 0.1) is 12.3 Å². The first-order valence-corrected chi connectivity index (χ1v) is 8.82. The Bertz CT molecular complexity index is 629. The Balaban J connectivity index is 1.74. The fourth-order valence-electron chi connectivity index (χ4n) is 3.40. The molecule has 0 bridgehead atoms. The van der Waals surface area contributed by atoms with E-state index in [0.717, 1.165) is 31.5 Å². The second-order valence-electron chi connectivity index (χ2n) is 6.95. The molecule has 5 heteroatoms. The molecule has 1 aromatic carbocycles. The summed E-state index contributed by atoms with van der Waals surface area (Å²) in [5.41, 5.74) is 0.811. The lowest BCUT2D eigenvalue weighted by atomic mass is 10.0. The SMILES string of the molecule is COc1ccc(C)cc1NC(=O)C1(C(=O)N2CCCCCC2)CC1. The fraction of sp³-hybridized carbons (Fsp3) is 0.579. The van der Waals surface area contributed by atoms with E-state index in [1.807, 2.05) is 30.0 Å². The third-order valence-electron chi connectivity index (χ3n) is 5.09. The van der Waals surface area contributed by atoms with Gasteiger partial charge in [-0.05, 0) is 50.3 Å². The zero-order valence-corrected chi connectivity index (χ0v) is 14.6. The Morgan fingerprint density at radius 2 is 1.79 bits per heavy atom. The van der Waals surface area contributed by atoms with Crippen molar-refractivity contribution in [3.8, 4) is 5.75 Å². The normalized spacial score (nSPS) is 19.3. The van der Waals surface area contributed by atoms with Crippen LogP contribution < -0.4 is 10.1 Å². The van der Waals surface area contributed by atoms with Crippen LogP contribution in [0.25, 0.3) is 0 Å². The highest BCUT2D eigenvalue weighted by atomic mass is 16.5. The number of ether oxygens (including phenoxy) is 1. The standard InChI is InChI=1S/C19H26N2O3/c1-14-7-8-16(24-2)15(13-14)20-17(22)19(9-10-19)18(23)21-11-5-3-4-6-12-21/h7-8,13H,3-6,9-12H2,1-2H3,(H,20,22). The molecule has 1 saturated carbocycles. The van der Waals surface area contributed by atoms with Crippen molar-refractivity contribution in [3.05, 3.63) is 23.8 Å². The lowest BCUT2D eigenvalue weighted by molar-refractivity contribution is -0.142. The number of nitrogens with zero attached hydrogens (tertiary/aromatic N) is 1. The van der Waals surface area contributed by atoms with E-state index in [1.54, 1.807) is 7.11 Å². The molecule has 24 heavy (non-hydrogen) atoms. The topological polar surface area (TPSA) is 58.6 Å². The summed E-state index contributed by atoms with van der Waals surface area (Å²) in [5.74, 6) is 0.432. The van der Waals surface area contributed by atoms with E-state index >= 15 is 0 Å². The van der Waals surface area contributed by atoms with Crippen molar-refractivity contribution in [3.63, 3.8) is 0 Å². The summed E-state index contributed by atoms with van der Waals surface area (Å²) in [4.78, 5) is 27.6. The van der Waals surface area contributed by atoms with Crippen molar-refractivity contribution in [2.24, 2.45) is 5.41 Å². The van der Waals surface area contributed by atoms with Gasteiger partial charge in [0.05, 0.1) is 12.8 Å². The Hall–Kier alpha value is -2.04. The molecule has 1 aromatic rings. The van der Waals surface area contributed by atoms with Gasteiger partial charge in [-0.3, -0.25) is 9.59 Å². The summed E-state index contributed by atoms with van der Waals surface area (Å²) >= 11 is 0. The average molecular weight is 330 g/mol. The molecule has 1 N–H and O–H groups in total. The molecule has 1 aliphatic carbocycles. The molecule has 1 aliphatic heterocycles. The van der Waals surface area contributed by atoms with Gasteiger partial charge >= 0.3 is 0 Å². The predicted molar refractivity (Wildman–Crippen MR) is 93.1 cm³/mol. The van der Waals surface area contributed by atoms with Crippen LogP contribution in [0.15, 0.2) is 18.2 Å². The van der Waals surface area contributed by atoms with Crippen LogP contribution in [0.5, 0.6) is 5.75 Å². The highest BCUT2D eigenvalue weighted by molar-refractivity contribution is 6.13. The van der Waals surface area contributed by atoms with Crippen molar-refractivity contribution in [1.82, 2.24) is 4.90 Å². The number of likely N-dealkylation sites (tertiary alicyclic amines) is 1. The van der Waals surface area contributed by atoms with Gasteiger partial charge < -0.3 is 15.0 Å². The molecule has 130 valence electrons. The number of carbonyl (C=O) groups is 2. The first-order chi connectivity index (χ1) is 11.6.